The Labute approximate surface area is 144 Å². The third-order valence-electron chi connectivity index (χ3n) is 3.61. The number of benzene rings is 2. The van der Waals surface area contributed by atoms with Crippen LogP contribution in [0.4, 0.5) is 5.69 Å². The molecule has 0 aliphatic rings. The van der Waals surface area contributed by atoms with Gasteiger partial charge in [-0.3, -0.25) is 4.99 Å². The molecule has 0 N–H and O–H groups in total. The maximum Gasteiger partial charge on any atom is 0.0641 e. The molecule has 0 radical (unpaired) electrons. The highest BCUT2D eigenvalue weighted by Gasteiger charge is 2.05. The molecule has 0 saturated carbocycles. The Morgan fingerprint density at radius 3 is 2.45 bits per heavy atom. The number of aromatic nitrogens is 1. The smallest absolute Gasteiger partial charge is 0.0641 e. The van der Waals surface area contributed by atoms with E-state index in [0.717, 1.165) is 17.1 Å². The van der Waals surface area contributed by atoms with Crippen molar-refractivity contribution in [3.8, 4) is 5.69 Å². The number of aliphatic imine (C=N–C) groups is 1. The number of para-hydroxylation sites is 1. The van der Waals surface area contributed by atoms with Crippen LogP contribution in [0.15, 0.2) is 65.7 Å². The summed E-state index contributed by atoms with van der Waals surface area (Å²) in [6.45, 7) is 4.22. The van der Waals surface area contributed by atoms with Crippen LogP contribution < -0.4 is 0 Å². The summed E-state index contributed by atoms with van der Waals surface area (Å²) in [4.78, 5) is 4.63. The zero-order valence-corrected chi connectivity index (χ0v) is 14.8. The molecule has 0 saturated heterocycles. The van der Waals surface area contributed by atoms with E-state index in [-0.39, 0.29) is 0 Å². The van der Waals surface area contributed by atoms with Crippen LogP contribution in [0.25, 0.3) is 5.69 Å². The predicted molar refractivity (Wildman–Crippen MR) is 102 cm³/mol. The molecule has 0 atom stereocenters. The third-order valence-corrected chi connectivity index (χ3v) is 4.82. The highest BCUT2D eigenvalue weighted by Crippen LogP contribution is 2.20. The van der Waals surface area contributed by atoms with Gasteiger partial charge in [0.2, 0.25) is 0 Å². The predicted octanol–water partition coefficient (Wildman–Crippen LogP) is 5.45. The summed E-state index contributed by atoms with van der Waals surface area (Å²) >= 11 is 2.34. The summed E-state index contributed by atoms with van der Waals surface area (Å²) in [6, 6.07) is 20.8. The molecule has 0 spiro atoms. The summed E-state index contributed by atoms with van der Waals surface area (Å²) in [5.74, 6) is 0. The van der Waals surface area contributed by atoms with E-state index in [2.05, 4.69) is 94.5 Å². The topological polar surface area (TPSA) is 17.3 Å². The fourth-order valence-electron chi connectivity index (χ4n) is 2.44. The van der Waals surface area contributed by atoms with E-state index in [4.69, 9.17) is 0 Å². The Morgan fingerprint density at radius 2 is 1.73 bits per heavy atom. The van der Waals surface area contributed by atoms with E-state index in [0.29, 0.717) is 0 Å². The lowest BCUT2D eigenvalue weighted by Gasteiger charge is -2.09. The fraction of sp³-hybridized carbons (Fsp3) is 0.105. The van der Waals surface area contributed by atoms with Crippen LogP contribution in [0.3, 0.4) is 0 Å². The zero-order chi connectivity index (χ0) is 15.5. The first-order valence-electron chi connectivity index (χ1n) is 7.19. The Balaban J connectivity index is 1.96. The maximum absolute atomic E-state index is 4.63. The molecule has 0 bridgehead atoms. The molecule has 2 nitrogen and oxygen atoms in total. The van der Waals surface area contributed by atoms with Crippen LogP contribution in [-0.4, -0.2) is 10.8 Å². The Morgan fingerprint density at radius 1 is 0.955 bits per heavy atom. The maximum atomic E-state index is 4.63. The third kappa shape index (κ3) is 3.14. The second-order valence-electron chi connectivity index (χ2n) is 5.26. The molecule has 0 unspecified atom stereocenters. The SMILES string of the molecule is Cc1cc(N=Cc2ccc(C)n2-c2ccccc2)ccc1I. The van der Waals surface area contributed by atoms with E-state index in [1.54, 1.807) is 0 Å². The molecule has 0 aliphatic carbocycles. The van der Waals surface area contributed by atoms with Crippen molar-refractivity contribution in [1.29, 1.82) is 0 Å². The van der Waals surface area contributed by atoms with Gasteiger partial charge in [0.1, 0.15) is 0 Å². The van der Waals surface area contributed by atoms with Crippen LogP contribution in [0.2, 0.25) is 0 Å². The van der Waals surface area contributed by atoms with Crippen LogP contribution >= 0.6 is 22.6 Å². The molecule has 110 valence electrons. The summed E-state index contributed by atoms with van der Waals surface area (Å²) in [6.07, 6.45) is 1.93. The summed E-state index contributed by atoms with van der Waals surface area (Å²) in [5.41, 5.74) is 5.68. The van der Waals surface area contributed by atoms with Gasteiger partial charge in [0.25, 0.3) is 0 Å². The van der Waals surface area contributed by atoms with Gasteiger partial charge in [-0.15, -0.1) is 0 Å². The standard InChI is InChI=1S/C19H17IN2/c1-14-12-16(9-11-19(14)20)21-13-18-10-8-15(2)22(18)17-6-4-3-5-7-17/h3-13H,1-2H3. The minimum Gasteiger partial charge on any atom is -0.313 e. The molecule has 1 aromatic heterocycles. The minimum absolute atomic E-state index is 0.983. The average molecular weight is 400 g/mol. The second-order valence-corrected chi connectivity index (χ2v) is 6.42. The lowest BCUT2D eigenvalue weighted by Crippen LogP contribution is -2.00. The number of hydrogen-bond donors (Lipinski definition) is 0. The monoisotopic (exact) mass is 400 g/mol. The largest absolute Gasteiger partial charge is 0.313 e. The van der Waals surface area contributed by atoms with Crippen molar-refractivity contribution >= 4 is 34.5 Å². The normalized spacial score (nSPS) is 11.2. The molecule has 0 fully saturated rings. The van der Waals surface area contributed by atoms with Crippen LogP contribution in [0, 0.1) is 17.4 Å². The second kappa shape index (κ2) is 6.48. The van der Waals surface area contributed by atoms with Crippen molar-refractivity contribution in [2.75, 3.05) is 0 Å². The lowest BCUT2D eigenvalue weighted by atomic mass is 10.2. The minimum atomic E-state index is 0.983. The van der Waals surface area contributed by atoms with Gasteiger partial charge in [0.15, 0.2) is 0 Å². The van der Waals surface area contributed by atoms with E-state index in [1.165, 1.54) is 14.8 Å². The van der Waals surface area contributed by atoms with Gasteiger partial charge in [0.05, 0.1) is 17.6 Å². The summed E-state index contributed by atoms with van der Waals surface area (Å²) in [5, 5.41) is 0. The molecule has 3 heteroatoms. The molecule has 2 aromatic carbocycles. The molecule has 3 aromatic rings. The Kier molecular flexibility index (Phi) is 4.43. The fourth-order valence-corrected chi connectivity index (χ4v) is 2.77. The first-order valence-corrected chi connectivity index (χ1v) is 8.27. The van der Waals surface area contributed by atoms with Gasteiger partial charge in [-0.05, 0) is 84.5 Å². The Hall–Kier alpha value is -1.88. The van der Waals surface area contributed by atoms with Crippen molar-refractivity contribution in [1.82, 2.24) is 4.57 Å². The van der Waals surface area contributed by atoms with E-state index in [1.807, 2.05) is 18.3 Å². The number of hydrogen-bond acceptors (Lipinski definition) is 1. The molecular formula is C19H17IN2. The highest BCUT2D eigenvalue weighted by molar-refractivity contribution is 14.1. The highest BCUT2D eigenvalue weighted by atomic mass is 127. The van der Waals surface area contributed by atoms with Gasteiger partial charge in [-0.25, -0.2) is 0 Å². The van der Waals surface area contributed by atoms with E-state index >= 15 is 0 Å². The van der Waals surface area contributed by atoms with Crippen molar-refractivity contribution in [2.45, 2.75) is 13.8 Å². The first-order chi connectivity index (χ1) is 10.6. The molecule has 3 rings (SSSR count). The summed E-state index contributed by atoms with van der Waals surface area (Å²) < 4.78 is 3.48. The van der Waals surface area contributed by atoms with Crippen molar-refractivity contribution in [2.24, 2.45) is 4.99 Å². The van der Waals surface area contributed by atoms with Gasteiger partial charge in [0, 0.05) is 15.0 Å². The van der Waals surface area contributed by atoms with Gasteiger partial charge < -0.3 is 4.57 Å². The lowest BCUT2D eigenvalue weighted by molar-refractivity contribution is 1.01. The molecule has 1 heterocycles. The van der Waals surface area contributed by atoms with Crippen LogP contribution in [0.1, 0.15) is 17.0 Å². The van der Waals surface area contributed by atoms with Crippen molar-refractivity contribution in [3.05, 3.63) is 81.2 Å². The van der Waals surface area contributed by atoms with Crippen molar-refractivity contribution < 1.29 is 0 Å². The van der Waals surface area contributed by atoms with E-state index in [9.17, 15) is 0 Å². The molecule has 0 aliphatic heterocycles. The van der Waals surface area contributed by atoms with Gasteiger partial charge in [-0.1, -0.05) is 18.2 Å². The zero-order valence-electron chi connectivity index (χ0n) is 12.6. The van der Waals surface area contributed by atoms with Crippen LogP contribution in [-0.2, 0) is 0 Å². The average Bonchev–Trinajstić information content (AvgIpc) is 2.90. The van der Waals surface area contributed by atoms with Gasteiger partial charge in [-0.2, -0.15) is 0 Å². The number of rotatable bonds is 3. The molecule has 22 heavy (non-hydrogen) atoms. The number of halogens is 1. The first kappa shape index (κ1) is 15.0. The quantitative estimate of drug-likeness (QED) is 0.411. The van der Waals surface area contributed by atoms with E-state index < -0.39 is 0 Å². The number of aryl methyl sites for hydroxylation is 2. The van der Waals surface area contributed by atoms with Crippen LogP contribution in [0.5, 0.6) is 0 Å². The summed E-state index contributed by atoms with van der Waals surface area (Å²) in [7, 11) is 0. The van der Waals surface area contributed by atoms with Crippen molar-refractivity contribution in [3.63, 3.8) is 0 Å². The molecule has 0 amide bonds. The Bertz CT molecular complexity index is 817. The van der Waals surface area contributed by atoms with Gasteiger partial charge >= 0.3 is 0 Å². The molecular weight excluding hydrogens is 383 g/mol. The number of nitrogens with zero attached hydrogens (tertiary/aromatic N) is 2.